The lowest BCUT2D eigenvalue weighted by molar-refractivity contribution is 0.501. The Morgan fingerprint density at radius 1 is 1.25 bits per heavy atom. The number of hydrogen-bond donors (Lipinski definition) is 2. The molecule has 1 aromatic heterocycles. The topological polar surface area (TPSA) is 49.3 Å². The van der Waals surface area contributed by atoms with Crippen LogP contribution >= 0.6 is 35.3 Å². The molecule has 0 aromatic carbocycles. The number of aliphatic imine (C=N–C) groups is 1. The molecule has 1 aromatic rings. The third-order valence-corrected chi connectivity index (χ3v) is 3.66. The van der Waals surface area contributed by atoms with Crippen LogP contribution in [0, 0.1) is 0 Å². The van der Waals surface area contributed by atoms with Gasteiger partial charge in [-0.2, -0.15) is 0 Å². The van der Waals surface area contributed by atoms with Crippen LogP contribution in [0.15, 0.2) is 10.4 Å². The van der Waals surface area contributed by atoms with Crippen LogP contribution in [0.5, 0.6) is 0 Å². The van der Waals surface area contributed by atoms with Crippen LogP contribution in [0.3, 0.4) is 0 Å². The van der Waals surface area contributed by atoms with Crippen LogP contribution in [0.1, 0.15) is 52.2 Å². The third-order valence-electron chi connectivity index (χ3n) is 2.35. The van der Waals surface area contributed by atoms with E-state index < -0.39 is 0 Å². The number of guanidine groups is 1. The fraction of sp³-hybridized carbons (Fsp3) is 0.714. The summed E-state index contributed by atoms with van der Waals surface area (Å²) in [4.78, 5) is 8.87. The van der Waals surface area contributed by atoms with E-state index >= 15 is 0 Å². The van der Waals surface area contributed by atoms with Crippen LogP contribution < -0.4 is 10.6 Å². The summed E-state index contributed by atoms with van der Waals surface area (Å²) in [6.07, 6.45) is 0. The van der Waals surface area contributed by atoms with Gasteiger partial charge in [0.2, 0.25) is 0 Å². The lowest BCUT2D eigenvalue weighted by atomic mass is 9.98. The molecule has 116 valence electrons. The Morgan fingerprint density at radius 2 is 1.85 bits per heavy atom. The molecule has 0 fully saturated rings. The zero-order valence-electron chi connectivity index (χ0n) is 13.5. The predicted molar refractivity (Wildman–Crippen MR) is 99.3 cm³/mol. The van der Waals surface area contributed by atoms with Crippen molar-refractivity contribution in [1.29, 1.82) is 0 Å². The van der Waals surface area contributed by atoms with E-state index in [1.54, 1.807) is 18.4 Å². The van der Waals surface area contributed by atoms with Crippen molar-refractivity contribution in [1.82, 2.24) is 15.6 Å². The van der Waals surface area contributed by atoms with Gasteiger partial charge >= 0.3 is 0 Å². The number of rotatable bonds is 2. The molecule has 0 aliphatic rings. The van der Waals surface area contributed by atoms with Crippen molar-refractivity contribution < 1.29 is 0 Å². The second-order valence-electron chi connectivity index (χ2n) is 6.69. The molecule has 0 bridgehead atoms. The zero-order chi connectivity index (χ0) is 14.7. The molecule has 0 saturated heterocycles. The van der Waals surface area contributed by atoms with Gasteiger partial charge in [-0.25, -0.2) is 4.98 Å². The van der Waals surface area contributed by atoms with E-state index in [0.717, 1.165) is 11.7 Å². The smallest absolute Gasteiger partial charge is 0.191 e. The summed E-state index contributed by atoms with van der Waals surface area (Å²) in [7, 11) is 1.78. The molecule has 0 unspecified atom stereocenters. The molecule has 1 heterocycles. The molecule has 1 rings (SSSR count). The number of aromatic nitrogens is 1. The molecule has 6 heteroatoms. The van der Waals surface area contributed by atoms with Crippen molar-refractivity contribution in [2.45, 2.75) is 59.0 Å². The van der Waals surface area contributed by atoms with E-state index in [-0.39, 0.29) is 34.9 Å². The van der Waals surface area contributed by atoms with E-state index in [9.17, 15) is 0 Å². The summed E-state index contributed by atoms with van der Waals surface area (Å²) < 4.78 is 0. The summed E-state index contributed by atoms with van der Waals surface area (Å²) in [5.74, 6) is 0.804. The first-order valence-corrected chi connectivity index (χ1v) is 7.43. The first-order valence-electron chi connectivity index (χ1n) is 6.55. The molecule has 4 nitrogen and oxygen atoms in total. The molecule has 0 aliphatic carbocycles. The highest BCUT2D eigenvalue weighted by Gasteiger charge is 2.18. The van der Waals surface area contributed by atoms with Gasteiger partial charge in [0.05, 0.1) is 17.2 Å². The lowest BCUT2D eigenvalue weighted by Crippen LogP contribution is -2.47. The molecule has 2 N–H and O–H groups in total. The highest BCUT2D eigenvalue weighted by atomic mass is 127. The van der Waals surface area contributed by atoms with Gasteiger partial charge in [0.25, 0.3) is 0 Å². The Kier molecular flexibility index (Phi) is 7.44. The van der Waals surface area contributed by atoms with E-state index in [1.807, 2.05) is 0 Å². The SMILES string of the molecule is CN=C(NCc1csc(C(C)(C)C)n1)NC(C)(C)C.I. The van der Waals surface area contributed by atoms with Gasteiger partial charge < -0.3 is 10.6 Å². The number of halogens is 1. The van der Waals surface area contributed by atoms with Gasteiger partial charge in [-0.1, -0.05) is 20.8 Å². The maximum atomic E-state index is 4.66. The first-order chi connectivity index (χ1) is 8.62. The molecule has 0 radical (unpaired) electrons. The summed E-state index contributed by atoms with van der Waals surface area (Å²) >= 11 is 1.72. The average Bonchev–Trinajstić information content (AvgIpc) is 2.70. The summed E-state index contributed by atoms with van der Waals surface area (Å²) in [5, 5.41) is 9.90. The van der Waals surface area contributed by atoms with Crippen molar-refractivity contribution >= 4 is 41.3 Å². The standard InChI is InChI=1S/C14H26N4S.HI/c1-13(2,3)11-17-10(9-19-11)8-16-12(15-7)18-14(4,5)6;/h9H,8H2,1-7H3,(H2,15,16,18);1H. The normalized spacial score (nSPS) is 12.8. The Labute approximate surface area is 143 Å². The fourth-order valence-corrected chi connectivity index (χ4v) is 2.35. The molecule has 0 amide bonds. The second-order valence-corrected chi connectivity index (χ2v) is 7.55. The number of hydrogen-bond acceptors (Lipinski definition) is 3. The van der Waals surface area contributed by atoms with Crippen molar-refractivity contribution in [2.75, 3.05) is 7.05 Å². The number of nitrogens with one attached hydrogen (secondary N) is 2. The predicted octanol–water partition coefficient (Wildman–Crippen LogP) is 3.52. The van der Waals surface area contributed by atoms with E-state index in [4.69, 9.17) is 0 Å². The Balaban J connectivity index is 0.00000361. The summed E-state index contributed by atoms with van der Waals surface area (Å²) in [6, 6.07) is 0. The maximum Gasteiger partial charge on any atom is 0.191 e. The highest BCUT2D eigenvalue weighted by Crippen LogP contribution is 2.25. The molecule has 0 spiro atoms. The Morgan fingerprint density at radius 3 is 2.25 bits per heavy atom. The van der Waals surface area contributed by atoms with Crippen LogP contribution in [0.4, 0.5) is 0 Å². The average molecular weight is 410 g/mol. The zero-order valence-corrected chi connectivity index (χ0v) is 16.6. The van der Waals surface area contributed by atoms with Crippen LogP contribution in [-0.2, 0) is 12.0 Å². The fourth-order valence-electron chi connectivity index (χ4n) is 1.44. The molecule has 20 heavy (non-hydrogen) atoms. The van der Waals surface area contributed by atoms with Crippen molar-refractivity contribution in [2.24, 2.45) is 4.99 Å². The minimum atomic E-state index is 0. The summed E-state index contributed by atoms with van der Waals surface area (Å²) in [6.45, 7) is 13.6. The molecular formula is C14H27IN4S. The summed E-state index contributed by atoms with van der Waals surface area (Å²) in [5.41, 5.74) is 1.18. The van der Waals surface area contributed by atoms with Crippen molar-refractivity contribution in [3.8, 4) is 0 Å². The van der Waals surface area contributed by atoms with Crippen LogP contribution in [-0.4, -0.2) is 23.5 Å². The lowest BCUT2D eigenvalue weighted by Gasteiger charge is -2.23. The van der Waals surface area contributed by atoms with Crippen molar-refractivity contribution in [3.05, 3.63) is 16.1 Å². The van der Waals surface area contributed by atoms with Crippen molar-refractivity contribution in [3.63, 3.8) is 0 Å². The van der Waals surface area contributed by atoms with Gasteiger partial charge in [-0.3, -0.25) is 4.99 Å². The monoisotopic (exact) mass is 410 g/mol. The number of nitrogens with zero attached hydrogens (tertiary/aromatic N) is 2. The van der Waals surface area contributed by atoms with E-state index in [2.05, 4.69) is 67.5 Å². The largest absolute Gasteiger partial charge is 0.352 e. The molecule has 0 atom stereocenters. The minimum Gasteiger partial charge on any atom is -0.352 e. The van der Waals surface area contributed by atoms with E-state index in [1.165, 1.54) is 5.01 Å². The Hall–Kier alpha value is -0.370. The van der Waals surface area contributed by atoms with Gasteiger partial charge in [-0.15, -0.1) is 35.3 Å². The van der Waals surface area contributed by atoms with Gasteiger partial charge in [-0.05, 0) is 20.8 Å². The first kappa shape index (κ1) is 19.6. The van der Waals surface area contributed by atoms with Gasteiger partial charge in [0.15, 0.2) is 5.96 Å². The van der Waals surface area contributed by atoms with Gasteiger partial charge in [0.1, 0.15) is 0 Å². The Bertz CT molecular complexity index is 441. The van der Waals surface area contributed by atoms with Crippen LogP contribution in [0.2, 0.25) is 0 Å². The highest BCUT2D eigenvalue weighted by molar-refractivity contribution is 14.0. The molecule has 0 aliphatic heterocycles. The minimum absolute atomic E-state index is 0. The molecule has 0 saturated carbocycles. The number of thiazole rings is 1. The second kappa shape index (κ2) is 7.59. The van der Waals surface area contributed by atoms with E-state index in [0.29, 0.717) is 6.54 Å². The molecular weight excluding hydrogens is 383 g/mol. The third kappa shape index (κ3) is 6.88. The quantitative estimate of drug-likeness (QED) is 0.446. The maximum absolute atomic E-state index is 4.66. The van der Waals surface area contributed by atoms with Crippen LogP contribution in [0.25, 0.3) is 0 Å². The van der Waals surface area contributed by atoms with Gasteiger partial charge in [0, 0.05) is 23.4 Å².